The highest BCUT2D eigenvalue weighted by molar-refractivity contribution is 5.54. The van der Waals surface area contributed by atoms with Gasteiger partial charge in [-0.05, 0) is 25.1 Å². The molecule has 0 bridgehead atoms. The van der Waals surface area contributed by atoms with Crippen LogP contribution in [0, 0.1) is 5.82 Å². The zero-order valence-corrected chi connectivity index (χ0v) is 11.6. The maximum atomic E-state index is 13.9. The van der Waals surface area contributed by atoms with Crippen LogP contribution in [-0.2, 0) is 6.54 Å². The Kier molecular flexibility index (Phi) is 7.40. The minimum Gasteiger partial charge on any atom is -0.395 e. The van der Waals surface area contributed by atoms with Crippen LogP contribution in [0.15, 0.2) is 18.2 Å². The van der Waals surface area contributed by atoms with E-state index in [2.05, 4.69) is 5.32 Å². The Morgan fingerprint density at radius 1 is 1.35 bits per heavy atom. The molecule has 0 atom stereocenters. The largest absolute Gasteiger partial charge is 0.395 e. The van der Waals surface area contributed by atoms with E-state index in [1.807, 2.05) is 6.92 Å². The fourth-order valence-electron chi connectivity index (χ4n) is 2.01. The molecule has 0 unspecified atom stereocenters. The quantitative estimate of drug-likeness (QED) is 0.686. The molecule has 0 spiro atoms. The average Bonchev–Trinajstić information content (AvgIpc) is 2.40. The highest BCUT2D eigenvalue weighted by Crippen LogP contribution is 2.24. The lowest BCUT2D eigenvalue weighted by atomic mass is 10.1. The summed E-state index contributed by atoms with van der Waals surface area (Å²) >= 11 is 0. The average molecular weight is 290 g/mol. The zero-order chi connectivity index (χ0) is 15.0. The van der Waals surface area contributed by atoms with Crippen LogP contribution in [0.4, 0.5) is 18.9 Å². The highest BCUT2D eigenvalue weighted by atomic mass is 19.3. The van der Waals surface area contributed by atoms with E-state index >= 15 is 0 Å². The van der Waals surface area contributed by atoms with E-state index in [9.17, 15) is 13.2 Å². The number of aliphatic hydroxyl groups excluding tert-OH is 1. The summed E-state index contributed by atoms with van der Waals surface area (Å²) in [7, 11) is 0. The second kappa shape index (κ2) is 8.81. The van der Waals surface area contributed by atoms with Gasteiger partial charge in [0.1, 0.15) is 5.82 Å². The molecule has 0 saturated heterocycles. The third-order valence-corrected chi connectivity index (χ3v) is 2.89. The Balaban J connectivity index is 2.96. The first kappa shape index (κ1) is 16.8. The van der Waals surface area contributed by atoms with Gasteiger partial charge in [-0.25, -0.2) is 13.2 Å². The van der Waals surface area contributed by atoms with Crippen LogP contribution in [0.2, 0.25) is 0 Å². The number of nitrogens with zero attached hydrogens (tertiary/aromatic N) is 1. The van der Waals surface area contributed by atoms with Crippen molar-refractivity contribution in [1.82, 2.24) is 5.32 Å². The highest BCUT2D eigenvalue weighted by Gasteiger charge is 2.17. The fourth-order valence-corrected chi connectivity index (χ4v) is 2.01. The van der Waals surface area contributed by atoms with Gasteiger partial charge >= 0.3 is 0 Å². The minimum absolute atomic E-state index is 0.0502. The summed E-state index contributed by atoms with van der Waals surface area (Å²) in [4.78, 5) is 1.32. The molecule has 6 heteroatoms. The lowest BCUT2D eigenvalue weighted by Crippen LogP contribution is -2.33. The molecule has 0 radical (unpaired) electrons. The van der Waals surface area contributed by atoms with Gasteiger partial charge < -0.3 is 15.3 Å². The van der Waals surface area contributed by atoms with Crippen molar-refractivity contribution in [2.45, 2.75) is 26.3 Å². The molecular formula is C14H21F3N2O. The number of rotatable bonds is 9. The molecule has 0 heterocycles. The van der Waals surface area contributed by atoms with E-state index in [0.717, 1.165) is 13.0 Å². The van der Waals surface area contributed by atoms with Gasteiger partial charge in [-0.3, -0.25) is 0 Å². The summed E-state index contributed by atoms with van der Waals surface area (Å²) in [5, 5.41) is 12.1. The smallest absolute Gasteiger partial charge is 0.255 e. The van der Waals surface area contributed by atoms with Gasteiger partial charge in [0.15, 0.2) is 0 Å². The lowest BCUT2D eigenvalue weighted by molar-refractivity contribution is 0.152. The van der Waals surface area contributed by atoms with E-state index in [4.69, 9.17) is 5.11 Å². The second-order valence-electron chi connectivity index (χ2n) is 4.47. The van der Waals surface area contributed by atoms with Crippen LogP contribution in [0.3, 0.4) is 0 Å². The van der Waals surface area contributed by atoms with Gasteiger partial charge in [0.2, 0.25) is 0 Å². The van der Waals surface area contributed by atoms with E-state index in [0.29, 0.717) is 11.3 Å². The topological polar surface area (TPSA) is 35.5 Å². The van der Waals surface area contributed by atoms with Crippen LogP contribution < -0.4 is 10.2 Å². The number of benzene rings is 1. The first-order chi connectivity index (χ1) is 9.60. The van der Waals surface area contributed by atoms with Crippen LogP contribution in [0.25, 0.3) is 0 Å². The first-order valence-corrected chi connectivity index (χ1v) is 6.72. The summed E-state index contributed by atoms with van der Waals surface area (Å²) < 4.78 is 39.1. The molecule has 2 N–H and O–H groups in total. The summed E-state index contributed by atoms with van der Waals surface area (Å²) in [6.07, 6.45) is -1.64. The number of halogens is 3. The molecule has 0 aliphatic carbocycles. The third-order valence-electron chi connectivity index (χ3n) is 2.89. The Labute approximate surface area is 117 Å². The normalized spacial score (nSPS) is 11.1. The Hall–Kier alpha value is -1.27. The standard InChI is InChI=1S/C14H21F3N2O/c1-2-6-18-9-11-12(15)4-3-5-13(11)19(7-8-20)10-14(16)17/h3-5,14,18,20H,2,6-10H2,1H3. The summed E-state index contributed by atoms with van der Waals surface area (Å²) in [5.41, 5.74) is 0.762. The van der Waals surface area contributed by atoms with E-state index < -0.39 is 18.8 Å². The maximum absolute atomic E-state index is 13.9. The molecule has 0 saturated carbocycles. The van der Waals surface area contributed by atoms with Crippen molar-refractivity contribution in [2.24, 2.45) is 0 Å². The van der Waals surface area contributed by atoms with Crippen molar-refractivity contribution < 1.29 is 18.3 Å². The molecule has 1 aromatic rings. The van der Waals surface area contributed by atoms with Crippen LogP contribution in [-0.4, -0.2) is 37.8 Å². The number of nitrogens with one attached hydrogen (secondary N) is 1. The molecule has 3 nitrogen and oxygen atoms in total. The van der Waals surface area contributed by atoms with E-state index in [-0.39, 0.29) is 19.7 Å². The number of hydrogen-bond donors (Lipinski definition) is 2. The second-order valence-corrected chi connectivity index (χ2v) is 4.47. The number of aliphatic hydroxyl groups is 1. The predicted octanol–water partition coefficient (Wildman–Crippen LogP) is 2.39. The van der Waals surface area contributed by atoms with Gasteiger partial charge in [0.05, 0.1) is 13.2 Å². The predicted molar refractivity (Wildman–Crippen MR) is 73.7 cm³/mol. The minimum atomic E-state index is -2.54. The third kappa shape index (κ3) is 5.02. The number of anilines is 1. The van der Waals surface area contributed by atoms with Crippen molar-refractivity contribution in [1.29, 1.82) is 0 Å². The molecule has 0 aliphatic rings. The summed E-state index contributed by atoms with van der Waals surface area (Å²) in [6, 6.07) is 4.40. The molecule has 1 aromatic carbocycles. The molecular weight excluding hydrogens is 269 g/mol. The Bertz CT molecular complexity index is 402. The summed E-state index contributed by atoms with van der Waals surface area (Å²) in [5.74, 6) is -0.427. The molecule has 1 rings (SSSR count). The van der Waals surface area contributed by atoms with Gasteiger partial charge in [-0.1, -0.05) is 13.0 Å². The molecule has 114 valence electrons. The Morgan fingerprint density at radius 2 is 2.10 bits per heavy atom. The van der Waals surface area contributed by atoms with Gasteiger partial charge in [0.25, 0.3) is 6.43 Å². The fraction of sp³-hybridized carbons (Fsp3) is 0.571. The molecule has 0 fully saturated rings. The van der Waals surface area contributed by atoms with Crippen LogP contribution in [0.1, 0.15) is 18.9 Å². The van der Waals surface area contributed by atoms with Gasteiger partial charge in [0, 0.05) is 24.3 Å². The van der Waals surface area contributed by atoms with Crippen molar-refractivity contribution in [3.8, 4) is 0 Å². The van der Waals surface area contributed by atoms with Crippen molar-refractivity contribution in [3.63, 3.8) is 0 Å². The van der Waals surface area contributed by atoms with Crippen molar-refractivity contribution in [3.05, 3.63) is 29.6 Å². The van der Waals surface area contributed by atoms with Crippen LogP contribution >= 0.6 is 0 Å². The number of hydrogen-bond acceptors (Lipinski definition) is 3. The molecule has 0 aliphatic heterocycles. The van der Waals surface area contributed by atoms with Gasteiger partial charge in [-0.15, -0.1) is 0 Å². The lowest BCUT2D eigenvalue weighted by Gasteiger charge is -2.26. The molecule has 0 amide bonds. The van der Waals surface area contributed by atoms with E-state index in [1.165, 1.54) is 17.0 Å². The van der Waals surface area contributed by atoms with Gasteiger partial charge in [-0.2, -0.15) is 0 Å². The number of alkyl halides is 2. The monoisotopic (exact) mass is 290 g/mol. The SMILES string of the molecule is CCCNCc1c(F)cccc1N(CCO)CC(F)F. The molecule has 0 aromatic heterocycles. The maximum Gasteiger partial charge on any atom is 0.255 e. The summed E-state index contributed by atoms with van der Waals surface area (Å²) in [6.45, 7) is 2.26. The first-order valence-electron chi connectivity index (χ1n) is 6.72. The molecule has 20 heavy (non-hydrogen) atoms. The van der Waals surface area contributed by atoms with Crippen molar-refractivity contribution in [2.75, 3.05) is 31.1 Å². The van der Waals surface area contributed by atoms with Crippen LogP contribution in [0.5, 0.6) is 0 Å². The van der Waals surface area contributed by atoms with Crippen molar-refractivity contribution >= 4 is 5.69 Å². The zero-order valence-electron chi connectivity index (χ0n) is 11.6. The van der Waals surface area contributed by atoms with E-state index in [1.54, 1.807) is 6.07 Å². The Morgan fingerprint density at radius 3 is 2.70 bits per heavy atom.